The second-order valence-corrected chi connectivity index (χ2v) is 7.73. The van der Waals surface area contributed by atoms with Crippen molar-refractivity contribution in [3.63, 3.8) is 0 Å². The van der Waals surface area contributed by atoms with Crippen molar-refractivity contribution < 1.29 is 27.9 Å². The number of aryl methyl sites for hydroxylation is 1. The summed E-state index contributed by atoms with van der Waals surface area (Å²) in [4.78, 5) is 32.2. The number of amides is 1. The molecule has 0 aliphatic rings. The smallest absolute Gasteiger partial charge is 0.475 e. The third kappa shape index (κ3) is 9.08. The van der Waals surface area contributed by atoms with Gasteiger partial charge in [-0.2, -0.15) is 13.2 Å². The molecule has 0 saturated heterocycles. The van der Waals surface area contributed by atoms with E-state index >= 15 is 0 Å². The average Bonchev–Trinajstić information content (AvgIpc) is 3.19. The summed E-state index contributed by atoms with van der Waals surface area (Å²) in [5, 5.41) is 13.3. The van der Waals surface area contributed by atoms with Crippen molar-refractivity contribution in [3.8, 4) is 11.1 Å². The third-order valence-electron chi connectivity index (χ3n) is 4.56. The van der Waals surface area contributed by atoms with Crippen LogP contribution >= 0.6 is 0 Å². The number of nitrogens with zero attached hydrogens (tertiary/aromatic N) is 4. The van der Waals surface area contributed by atoms with Crippen LogP contribution in [0.2, 0.25) is 0 Å². The molecular formula is C23H27F3N6O3. The second-order valence-electron chi connectivity index (χ2n) is 7.73. The predicted octanol–water partition coefficient (Wildman–Crippen LogP) is 3.54. The zero-order valence-electron chi connectivity index (χ0n) is 19.5. The normalized spacial score (nSPS) is 10.9. The molecule has 12 heteroatoms. The van der Waals surface area contributed by atoms with Gasteiger partial charge in [-0.25, -0.2) is 14.8 Å². The minimum Gasteiger partial charge on any atom is -0.475 e. The molecule has 188 valence electrons. The lowest BCUT2D eigenvalue weighted by atomic mass is 10.2. The Morgan fingerprint density at radius 1 is 1.09 bits per heavy atom. The van der Waals surface area contributed by atoms with Crippen LogP contribution in [0.4, 0.5) is 24.8 Å². The number of carboxylic acid groups (broad SMARTS) is 1. The molecule has 0 bridgehead atoms. The van der Waals surface area contributed by atoms with Crippen LogP contribution in [0.1, 0.15) is 16.9 Å². The molecule has 2 aromatic heterocycles. The number of aromatic nitrogens is 3. The van der Waals surface area contributed by atoms with Crippen LogP contribution in [0.25, 0.3) is 11.1 Å². The Morgan fingerprint density at radius 3 is 2.23 bits per heavy atom. The van der Waals surface area contributed by atoms with Gasteiger partial charge in [-0.3, -0.25) is 4.79 Å². The first-order valence-electron chi connectivity index (χ1n) is 10.5. The van der Waals surface area contributed by atoms with Gasteiger partial charge in [0, 0.05) is 49.0 Å². The van der Waals surface area contributed by atoms with E-state index in [0.29, 0.717) is 18.2 Å². The quantitative estimate of drug-likeness (QED) is 0.413. The van der Waals surface area contributed by atoms with E-state index in [4.69, 9.17) is 9.90 Å². The number of carbonyl (C=O) groups excluding carboxylic acids is 1. The Hall–Kier alpha value is -3.93. The van der Waals surface area contributed by atoms with Crippen molar-refractivity contribution >= 4 is 23.5 Å². The molecular weight excluding hydrogens is 465 g/mol. The molecule has 0 radical (unpaired) electrons. The number of halogens is 3. The van der Waals surface area contributed by atoms with E-state index in [0.717, 1.165) is 29.8 Å². The first-order chi connectivity index (χ1) is 16.5. The van der Waals surface area contributed by atoms with Crippen LogP contribution in [-0.4, -0.2) is 69.8 Å². The SMILES string of the molecule is CN(C)CCCNC(=O)c1cc(-c2cnc(Nc3ccccc3)nc2)cn1C.O=C(O)C(F)(F)F. The van der Waals surface area contributed by atoms with Gasteiger partial charge in [-0.05, 0) is 45.3 Å². The van der Waals surface area contributed by atoms with Crippen molar-refractivity contribution in [1.29, 1.82) is 0 Å². The molecule has 0 fully saturated rings. The van der Waals surface area contributed by atoms with Crippen molar-refractivity contribution in [2.24, 2.45) is 7.05 Å². The lowest BCUT2D eigenvalue weighted by molar-refractivity contribution is -0.192. The number of hydrogen-bond donors (Lipinski definition) is 3. The maximum absolute atomic E-state index is 12.4. The van der Waals surface area contributed by atoms with Gasteiger partial charge in [-0.1, -0.05) is 18.2 Å². The number of benzene rings is 1. The Bertz CT molecular complexity index is 1100. The number of alkyl halides is 3. The molecule has 2 heterocycles. The van der Waals surface area contributed by atoms with Crippen molar-refractivity contribution in [2.45, 2.75) is 12.6 Å². The van der Waals surface area contributed by atoms with Gasteiger partial charge >= 0.3 is 12.1 Å². The van der Waals surface area contributed by atoms with Gasteiger partial charge in [0.15, 0.2) is 0 Å². The first-order valence-corrected chi connectivity index (χ1v) is 10.5. The average molecular weight is 493 g/mol. The summed E-state index contributed by atoms with van der Waals surface area (Å²) < 4.78 is 33.6. The molecule has 0 aliphatic carbocycles. The highest BCUT2D eigenvalue weighted by molar-refractivity contribution is 5.94. The first kappa shape index (κ1) is 27.3. The van der Waals surface area contributed by atoms with Gasteiger partial charge < -0.3 is 25.2 Å². The summed E-state index contributed by atoms with van der Waals surface area (Å²) in [6.45, 7) is 1.60. The standard InChI is InChI=1S/C21H26N6O.C2HF3O2/c1-26(2)11-7-10-22-20(28)19-12-16(15-27(19)3)17-13-23-21(24-14-17)25-18-8-5-4-6-9-18;3-2(4,5)1(6)7/h4-6,8-9,12-15H,7,10-11H2,1-3H3,(H,22,28)(H,23,24,25);(H,6,7). The fraction of sp³-hybridized carbons (Fsp3) is 0.304. The van der Waals surface area contributed by atoms with E-state index in [2.05, 4.69) is 25.5 Å². The van der Waals surface area contributed by atoms with Crippen LogP contribution in [0.3, 0.4) is 0 Å². The van der Waals surface area contributed by atoms with Crippen LogP contribution in [-0.2, 0) is 11.8 Å². The molecule has 0 unspecified atom stereocenters. The zero-order chi connectivity index (χ0) is 26.0. The summed E-state index contributed by atoms with van der Waals surface area (Å²) >= 11 is 0. The Kier molecular flexibility index (Phi) is 9.76. The molecule has 0 saturated carbocycles. The highest BCUT2D eigenvalue weighted by atomic mass is 19.4. The lowest BCUT2D eigenvalue weighted by Gasteiger charge is -2.10. The molecule has 9 nitrogen and oxygen atoms in total. The van der Waals surface area contributed by atoms with Crippen molar-refractivity contribution in [3.05, 3.63) is 60.7 Å². The Labute approximate surface area is 200 Å². The molecule has 1 amide bonds. The molecule has 3 rings (SSSR count). The zero-order valence-corrected chi connectivity index (χ0v) is 19.5. The van der Waals surface area contributed by atoms with Gasteiger partial charge in [0.05, 0.1) is 0 Å². The van der Waals surface area contributed by atoms with E-state index in [9.17, 15) is 18.0 Å². The summed E-state index contributed by atoms with van der Waals surface area (Å²) in [7, 11) is 5.91. The maximum Gasteiger partial charge on any atom is 0.490 e. The van der Waals surface area contributed by atoms with Gasteiger partial charge in [0.1, 0.15) is 5.69 Å². The molecule has 3 N–H and O–H groups in total. The number of aliphatic carboxylic acids is 1. The molecule has 35 heavy (non-hydrogen) atoms. The summed E-state index contributed by atoms with van der Waals surface area (Å²) in [6, 6.07) is 11.6. The fourth-order valence-electron chi connectivity index (χ4n) is 2.83. The number of para-hydroxylation sites is 1. The molecule has 0 spiro atoms. The number of hydrogen-bond acceptors (Lipinski definition) is 6. The highest BCUT2D eigenvalue weighted by Gasteiger charge is 2.38. The Morgan fingerprint density at radius 2 is 1.69 bits per heavy atom. The maximum atomic E-state index is 12.4. The van der Waals surface area contributed by atoms with Crippen LogP contribution in [0.15, 0.2) is 55.0 Å². The van der Waals surface area contributed by atoms with E-state index in [1.54, 1.807) is 12.4 Å². The van der Waals surface area contributed by atoms with Gasteiger partial charge in [0.2, 0.25) is 5.95 Å². The van der Waals surface area contributed by atoms with Gasteiger partial charge in [-0.15, -0.1) is 0 Å². The number of carbonyl (C=O) groups is 2. The predicted molar refractivity (Wildman–Crippen MR) is 125 cm³/mol. The minimum atomic E-state index is -5.08. The topological polar surface area (TPSA) is 112 Å². The Balaban J connectivity index is 0.000000540. The fourth-order valence-corrected chi connectivity index (χ4v) is 2.83. The van der Waals surface area contributed by atoms with E-state index in [1.165, 1.54) is 0 Å². The minimum absolute atomic E-state index is 0.0733. The molecule has 3 aromatic rings. The summed E-state index contributed by atoms with van der Waals surface area (Å²) in [5.74, 6) is -2.30. The van der Waals surface area contributed by atoms with Crippen LogP contribution < -0.4 is 10.6 Å². The molecule has 0 atom stereocenters. The van der Waals surface area contributed by atoms with Crippen LogP contribution in [0, 0.1) is 0 Å². The van der Waals surface area contributed by atoms with E-state index < -0.39 is 12.1 Å². The monoisotopic (exact) mass is 492 g/mol. The largest absolute Gasteiger partial charge is 0.490 e. The van der Waals surface area contributed by atoms with E-state index in [-0.39, 0.29) is 5.91 Å². The second kappa shape index (κ2) is 12.5. The van der Waals surface area contributed by atoms with Gasteiger partial charge in [0.25, 0.3) is 5.91 Å². The third-order valence-corrected chi connectivity index (χ3v) is 4.56. The summed E-state index contributed by atoms with van der Waals surface area (Å²) in [6.07, 6.45) is 1.26. The molecule has 1 aromatic carbocycles. The number of carboxylic acids is 1. The number of nitrogens with one attached hydrogen (secondary N) is 2. The van der Waals surface area contributed by atoms with Crippen LogP contribution in [0.5, 0.6) is 0 Å². The van der Waals surface area contributed by atoms with Crippen molar-refractivity contribution in [1.82, 2.24) is 24.8 Å². The number of rotatable bonds is 8. The summed E-state index contributed by atoms with van der Waals surface area (Å²) in [5.41, 5.74) is 3.32. The lowest BCUT2D eigenvalue weighted by Crippen LogP contribution is -2.28. The van der Waals surface area contributed by atoms with Crippen molar-refractivity contribution in [2.75, 3.05) is 32.5 Å². The van der Waals surface area contributed by atoms with E-state index in [1.807, 2.05) is 68.3 Å². The number of anilines is 2. The molecule has 0 aliphatic heterocycles. The highest BCUT2D eigenvalue weighted by Crippen LogP contribution is 2.22.